The van der Waals surface area contributed by atoms with Gasteiger partial charge in [0.25, 0.3) is 0 Å². The Morgan fingerprint density at radius 1 is 1.43 bits per heavy atom. The number of pyridine rings is 1. The van der Waals surface area contributed by atoms with Gasteiger partial charge in [-0.3, -0.25) is 5.10 Å². The summed E-state index contributed by atoms with van der Waals surface area (Å²) in [7, 11) is 0. The molecule has 74 valence electrons. The summed E-state index contributed by atoms with van der Waals surface area (Å²) >= 11 is 0. The van der Waals surface area contributed by atoms with Crippen LogP contribution >= 0.6 is 0 Å². The Bertz CT molecular complexity index is 443. The fourth-order valence-corrected chi connectivity index (χ4v) is 1.55. The van der Waals surface area contributed by atoms with E-state index in [2.05, 4.69) is 42.0 Å². The van der Waals surface area contributed by atoms with E-state index in [0.717, 1.165) is 12.1 Å². The predicted octanol–water partition coefficient (Wildman–Crippen LogP) is 2.64. The lowest BCUT2D eigenvalue weighted by molar-refractivity contribution is 0.861. The molecule has 0 atom stereocenters. The van der Waals surface area contributed by atoms with E-state index in [1.165, 1.54) is 16.6 Å². The van der Waals surface area contributed by atoms with Crippen LogP contribution in [0, 0.1) is 0 Å². The zero-order chi connectivity index (χ0) is 10.1. The molecule has 0 unspecified atom stereocenters. The number of nitrogens with one attached hydrogen (secondary N) is 1. The predicted molar refractivity (Wildman–Crippen MR) is 57.4 cm³/mol. The number of aromatic amines is 1. The standard InChI is InChI=1S/C11H15N3/c1-4-10-9-5-8(7(2)3)6-12-11(9)14-13-10/h5-7H,4H2,1-3H3,(H,12,13,14). The highest BCUT2D eigenvalue weighted by atomic mass is 15.1. The van der Waals surface area contributed by atoms with Crippen LogP contribution in [-0.4, -0.2) is 15.2 Å². The zero-order valence-corrected chi connectivity index (χ0v) is 8.83. The average Bonchev–Trinajstić information content (AvgIpc) is 2.59. The Labute approximate surface area is 83.6 Å². The molecular formula is C11H15N3. The smallest absolute Gasteiger partial charge is 0.181 e. The van der Waals surface area contributed by atoms with E-state index in [0.29, 0.717) is 5.92 Å². The molecule has 0 saturated heterocycles. The summed E-state index contributed by atoms with van der Waals surface area (Å²) in [5.74, 6) is 0.520. The third-order valence-corrected chi connectivity index (χ3v) is 2.53. The van der Waals surface area contributed by atoms with Gasteiger partial charge < -0.3 is 0 Å². The highest BCUT2D eigenvalue weighted by Crippen LogP contribution is 2.20. The highest BCUT2D eigenvalue weighted by molar-refractivity contribution is 5.78. The van der Waals surface area contributed by atoms with Crippen LogP contribution in [-0.2, 0) is 6.42 Å². The van der Waals surface area contributed by atoms with E-state index in [1.807, 2.05) is 6.20 Å². The van der Waals surface area contributed by atoms with E-state index in [-0.39, 0.29) is 0 Å². The summed E-state index contributed by atoms with van der Waals surface area (Å²) in [5, 5.41) is 8.34. The molecule has 0 aliphatic heterocycles. The Morgan fingerprint density at radius 3 is 2.86 bits per heavy atom. The summed E-state index contributed by atoms with van der Waals surface area (Å²) in [6.45, 7) is 6.47. The second-order valence-corrected chi connectivity index (χ2v) is 3.85. The minimum absolute atomic E-state index is 0.520. The van der Waals surface area contributed by atoms with Crippen molar-refractivity contribution in [3.05, 3.63) is 23.5 Å². The SMILES string of the molecule is CCc1[nH]nc2ncc(C(C)C)cc12. The van der Waals surface area contributed by atoms with E-state index in [4.69, 9.17) is 0 Å². The van der Waals surface area contributed by atoms with Crippen molar-refractivity contribution in [3.63, 3.8) is 0 Å². The molecule has 14 heavy (non-hydrogen) atoms. The van der Waals surface area contributed by atoms with Gasteiger partial charge in [-0.15, -0.1) is 0 Å². The number of nitrogens with zero attached hydrogens (tertiary/aromatic N) is 2. The van der Waals surface area contributed by atoms with Crippen molar-refractivity contribution in [2.45, 2.75) is 33.1 Å². The Kier molecular flexibility index (Phi) is 2.23. The van der Waals surface area contributed by atoms with Crippen molar-refractivity contribution in [1.82, 2.24) is 15.2 Å². The van der Waals surface area contributed by atoms with Gasteiger partial charge in [0.05, 0.1) is 0 Å². The molecule has 0 aromatic carbocycles. The van der Waals surface area contributed by atoms with Crippen LogP contribution in [0.15, 0.2) is 12.3 Å². The number of rotatable bonds is 2. The van der Waals surface area contributed by atoms with Gasteiger partial charge in [0.2, 0.25) is 0 Å². The molecule has 0 bridgehead atoms. The molecular weight excluding hydrogens is 174 g/mol. The molecule has 0 aliphatic carbocycles. The van der Waals surface area contributed by atoms with Gasteiger partial charge in [0.15, 0.2) is 5.65 Å². The van der Waals surface area contributed by atoms with Crippen LogP contribution in [0.2, 0.25) is 0 Å². The van der Waals surface area contributed by atoms with Crippen LogP contribution in [0.5, 0.6) is 0 Å². The van der Waals surface area contributed by atoms with Crippen LogP contribution in [0.25, 0.3) is 11.0 Å². The van der Waals surface area contributed by atoms with E-state index in [1.54, 1.807) is 0 Å². The van der Waals surface area contributed by atoms with Gasteiger partial charge in [0, 0.05) is 17.3 Å². The number of aryl methyl sites for hydroxylation is 1. The van der Waals surface area contributed by atoms with Crippen molar-refractivity contribution < 1.29 is 0 Å². The summed E-state index contributed by atoms with van der Waals surface area (Å²) < 4.78 is 0. The zero-order valence-electron chi connectivity index (χ0n) is 8.83. The summed E-state index contributed by atoms with van der Waals surface area (Å²) in [6.07, 6.45) is 2.88. The second-order valence-electron chi connectivity index (χ2n) is 3.85. The monoisotopic (exact) mass is 189 g/mol. The first-order valence-electron chi connectivity index (χ1n) is 5.05. The molecule has 1 N–H and O–H groups in total. The largest absolute Gasteiger partial charge is 0.280 e. The van der Waals surface area contributed by atoms with E-state index >= 15 is 0 Å². The maximum absolute atomic E-state index is 4.33. The fourth-order valence-electron chi connectivity index (χ4n) is 1.55. The molecule has 2 aromatic heterocycles. The number of hydrogen-bond donors (Lipinski definition) is 1. The molecule has 3 nitrogen and oxygen atoms in total. The fraction of sp³-hybridized carbons (Fsp3) is 0.455. The minimum Gasteiger partial charge on any atom is -0.280 e. The van der Waals surface area contributed by atoms with Crippen molar-refractivity contribution >= 4 is 11.0 Å². The molecule has 2 aromatic rings. The first-order chi connectivity index (χ1) is 6.72. The van der Waals surface area contributed by atoms with Crippen LogP contribution in [0.1, 0.15) is 37.9 Å². The number of hydrogen-bond acceptors (Lipinski definition) is 2. The van der Waals surface area contributed by atoms with Crippen LogP contribution < -0.4 is 0 Å². The van der Waals surface area contributed by atoms with Gasteiger partial charge >= 0.3 is 0 Å². The lowest BCUT2D eigenvalue weighted by atomic mass is 10.0. The average molecular weight is 189 g/mol. The number of aromatic nitrogens is 3. The van der Waals surface area contributed by atoms with Crippen molar-refractivity contribution in [2.75, 3.05) is 0 Å². The maximum Gasteiger partial charge on any atom is 0.181 e. The highest BCUT2D eigenvalue weighted by Gasteiger charge is 2.07. The Balaban J connectivity index is 2.61. The maximum atomic E-state index is 4.33. The summed E-state index contributed by atoms with van der Waals surface area (Å²) in [6, 6.07) is 2.19. The molecule has 3 heteroatoms. The first kappa shape index (κ1) is 9.19. The van der Waals surface area contributed by atoms with Gasteiger partial charge in [-0.2, -0.15) is 5.10 Å². The van der Waals surface area contributed by atoms with Gasteiger partial charge in [-0.25, -0.2) is 4.98 Å². The third-order valence-electron chi connectivity index (χ3n) is 2.53. The Morgan fingerprint density at radius 2 is 2.21 bits per heavy atom. The van der Waals surface area contributed by atoms with Gasteiger partial charge in [0.1, 0.15) is 0 Å². The molecule has 0 fully saturated rings. The van der Waals surface area contributed by atoms with Crippen LogP contribution in [0.4, 0.5) is 0 Å². The number of H-pyrrole nitrogens is 1. The third kappa shape index (κ3) is 1.39. The second kappa shape index (κ2) is 3.40. The van der Waals surface area contributed by atoms with Gasteiger partial charge in [-0.1, -0.05) is 20.8 Å². The summed E-state index contributed by atoms with van der Waals surface area (Å²) in [4.78, 5) is 4.33. The quantitative estimate of drug-likeness (QED) is 0.789. The lowest BCUT2D eigenvalue weighted by Crippen LogP contribution is -1.89. The molecule has 0 saturated carbocycles. The molecule has 2 heterocycles. The van der Waals surface area contributed by atoms with Crippen molar-refractivity contribution in [3.8, 4) is 0 Å². The van der Waals surface area contributed by atoms with Crippen molar-refractivity contribution in [2.24, 2.45) is 0 Å². The van der Waals surface area contributed by atoms with Gasteiger partial charge in [-0.05, 0) is 24.0 Å². The molecule has 0 radical (unpaired) electrons. The molecule has 0 amide bonds. The minimum atomic E-state index is 0.520. The first-order valence-corrected chi connectivity index (χ1v) is 5.05. The van der Waals surface area contributed by atoms with Crippen LogP contribution in [0.3, 0.4) is 0 Å². The Hall–Kier alpha value is -1.38. The molecule has 2 rings (SSSR count). The number of fused-ring (bicyclic) bond motifs is 1. The molecule has 0 spiro atoms. The normalized spacial score (nSPS) is 11.4. The molecule has 0 aliphatic rings. The van der Waals surface area contributed by atoms with E-state index < -0.39 is 0 Å². The summed E-state index contributed by atoms with van der Waals surface area (Å²) in [5.41, 5.74) is 3.27. The van der Waals surface area contributed by atoms with Crippen molar-refractivity contribution in [1.29, 1.82) is 0 Å². The lowest BCUT2D eigenvalue weighted by Gasteiger charge is -2.03. The topological polar surface area (TPSA) is 41.6 Å². The van der Waals surface area contributed by atoms with E-state index in [9.17, 15) is 0 Å².